The maximum absolute atomic E-state index is 11.8. The molecule has 0 aliphatic carbocycles. The first kappa shape index (κ1) is 14.0. The highest BCUT2D eigenvalue weighted by molar-refractivity contribution is 9.10. The lowest BCUT2D eigenvalue weighted by Gasteiger charge is -2.14. The molecule has 1 atom stereocenters. The van der Waals surface area contributed by atoms with Crippen LogP contribution in [0.4, 0.5) is 5.69 Å². The van der Waals surface area contributed by atoms with E-state index in [1.54, 1.807) is 0 Å². The Balaban J connectivity index is 2.60. The van der Waals surface area contributed by atoms with Crippen molar-refractivity contribution in [3.63, 3.8) is 0 Å². The summed E-state index contributed by atoms with van der Waals surface area (Å²) in [7, 11) is 0. The Hall–Kier alpha value is -1.03. The number of anilines is 1. The van der Waals surface area contributed by atoms with Crippen LogP contribution in [-0.4, -0.2) is 17.3 Å². The Labute approximate surface area is 111 Å². The Kier molecular flexibility index (Phi) is 5.48. The molecule has 0 heterocycles. The van der Waals surface area contributed by atoms with Crippen molar-refractivity contribution in [1.29, 1.82) is 0 Å². The number of ether oxygens (including phenoxy) is 1. The second-order valence-corrected chi connectivity index (χ2v) is 5.08. The van der Waals surface area contributed by atoms with Gasteiger partial charge in [0, 0.05) is 5.69 Å². The van der Waals surface area contributed by atoms with Crippen molar-refractivity contribution in [2.24, 2.45) is 5.92 Å². The molecule has 1 aromatic rings. The van der Waals surface area contributed by atoms with Gasteiger partial charge in [0.25, 0.3) is 0 Å². The third kappa shape index (κ3) is 4.38. The summed E-state index contributed by atoms with van der Waals surface area (Å²) in [5.74, 6) is 1.05. The summed E-state index contributed by atoms with van der Waals surface area (Å²) in [5, 5.41) is 2.85. The van der Waals surface area contributed by atoms with Gasteiger partial charge in [0.2, 0.25) is 5.91 Å². The molecular formula is C13H18BrNO2. The zero-order chi connectivity index (χ0) is 12.8. The van der Waals surface area contributed by atoms with Crippen molar-refractivity contribution in [1.82, 2.24) is 0 Å². The third-order valence-electron chi connectivity index (χ3n) is 2.27. The normalized spacial score (nSPS) is 12.3. The monoisotopic (exact) mass is 299 g/mol. The van der Waals surface area contributed by atoms with Crippen LogP contribution in [0.5, 0.6) is 5.75 Å². The lowest BCUT2D eigenvalue weighted by molar-refractivity contribution is -0.116. The molecule has 1 aromatic carbocycles. The van der Waals surface area contributed by atoms with Crippen molar-refractivity contribution >= 4 is 27.5 Å². The Morgan fingerprint density at radius 3 is 2.41 bits per heavy atom. The molecule has 0 radical (unpaired) electrons. The average Bonchev–Trinajstić information content (AvgIpc) is 2.30. The highest BCUT2D eigenvalue weighted by Gasteiger charge is 2.18. The first-order valence-corrected chi connectivity index (χ1v) is 6.64. The van der Waals surface area contributed by atoms with Gasteiger partial charge in [-0.15, -0.1) is 0 Å². The van der Waals surface area contributed by atoms with Crippen LogP contribution in [-0.2, 0) is 4.79 Å². The topological polar surface area (TPSA) is 38.3 Å². The summed E-state index contributed by atoms with van der Waals surface area (Å²) in [6, 6.07) is 7.36. The standard InChI is InChI=1S/C13H18BrNO2/c1-4-17-11-7-5-10(6-8-11)15-13(16)12(14)9(2)3/h5-9,12H,4H2,1-3H3,(H,15,16). The summed E-state index contributed by atoms with van der Waals surface area (Å²) >= 11 is 3.37. The number of amides is 1. The molecule has 94 valence electrons. The van der Waals surface area contributed by atoms with Gasteiger partial charge < -0.3 is 10.1 Å². The van der Waals surface area contributed by atoms with Crippen LogP contribution in [0, 0.1) is 5.92 Å². The van der Waals surface area contributed by atoms with Crippen molar-refractivity contribution in [2.45, 2.75) is 25.6 Å². The highest BCUT2D eigenvalue weighted by atomic mass is 79.9. The van der Waals surface area contributed by atoms with E-state index in [9.17, 15) is 4.79 Å². The molecule has 0 aromatic heterocycles. The highest BCUT2D eigenvalue weighted by Crippen LogP contribution is 2.18. The van der Waals surface area contributed by atoms with Gasteiger partial charge >= 0.3 is 0 Å². The van der Waals surface area contributed by atoms with Crippen molar-refractivity contribution < 1.29 is 9.53 Å². The molecule has 0 bridgehead atoms. The second kappa shape index (κ2) is 6.64. The lowest BCUT2D eigenvalue weighted by Crippen LogP contribution is -2.26. The molecule has 4 heteroatoms. The van der Waals surface area contributed by atoms with E-state index in [-0.39, 0.29) is 16.7 Å². The summed E-state index contributed by atoms with van der Waals surface area (Å²) in [6.45, 7) is 6.57. The molecule has 17 heavy (non-hydrogen) atoms. The van der Waals surface area contributed by atoms with Gasteiger partial charge in [0.05, 0.1) is 11.4 Å². The van der Waals surface area contributed by atoms with E-state index in [0.717, 1.165) is 11.4 Å². The number of hydrogen-bond acceptors (Lipinski definition) is 2. The lowest BCUT2D eigenvalue weighted by atomic mass is 10.1. The maximum Gasteiger partial charge on any atom is 0.238 e. The number of rotatable bonds is 5. The summed E-state index contributed by atoms with van der Waals surface area (Å²) in [6.07, 6.45) is 0. The van der Waals surface area contributed by atoms with E-state index >= 15 is 0 Å². The van der Waals surface area contributed by atoms with Crippen molar-refractivity contribution in [3.05, 3.63) is 24.3 Å². The zero-order valence-electron chi connectivity index (χ0n) is 10.4. The second-order valence-electron chi connectivity index (χ2n) is 4.09. The largest absolute Gasteiger partial charge is 0.494 e. The predicted octanol–water partition coefficient (Wildman–Crippen LogP) is 3.44. The van der Waals surface area contributed by atoms with Gasteiger partial charge in [-0.25, -0.2) is 0 Å². The molecule has 1 unspecified atom stereocenters. The van der Waals surface area contributed by atoms with Gasteiger partial charge in [0.1, 0.15) is 5.75 Å². The minimum Gasteiger partial charge on any atom is -0.494 e. The van der Waals surface area contributed by atoms with Crippen molar-refractivity contribution in [2.75, 3.05) is 11.9 Å². The smallest absolute Gasteiger partial charge is 0.238 e. The van der Waals surface area contributed by atoms with Crippen LogP contribution >= 0.6 is 15.9 Å². The van der Waals surface area contributed by atoms with Crippen LogP contribution in [0.3, 0.4) is 0 Å². The number of carbonyl (C=O) groups excluding carboxylic acids is 1. The summed E-state index contributed by atoms with van der Waals surface area (Å²) in [5.41, 5.74) is 0.781. The number of alkyl halides is 1. The van der Waals surface area contributed by atoms with E-state index < -0.39 is 0 Å². The van der Waals surface area contributed by atoms with Crippen LogP contribution in [0.15, 0.2) is 24.3 Å². The first-order chi connectivity index (χ1) is 8.04. The number of hydrogen-bond donors (Lipinski definition) is 1. The molecular weight excluding hydrogens is 282 g/mol. The number of nitrogens with one attached hydrogen (secondary N) is 1. The van der Waals surface area contributed by atoms with E-state index in [1.165, 1.54) is 0 Å². The first-order valence-electron chi connectivity index (χ1n) is 5.72. The molecule has 0 fully saturated rings. The van der Waals surface area contributed by atoms with E-state index in [1.807, 2.05) is 45.0 Å². The molecule has 0 saturated carbocycles. The molecule has 1 amide bonds. The van der Waals surface area contributed by atoms with Crippen molar-refractivity contribution in [3.8, 4) is 5.75 Å². The van der Waals surface area contributed by atoms with E-state index in [4.69, 9.17) is 4.74 Å². The van der Waals surface area contributed by atoms with Gasteiger partial charge in [0.15, 0.2) is 0 Å². The number of benzene rings is 1. The predicted molar refractivity (Wildman–Crippen MR) is 73.8 cm³/mol. The fraction of sp³-hybridized carbons (Fsp3) is 0.462. The average molecular weight is 300 g/mol. The number of halogens is 1. The van der Waals surface area contributed by atoms with Gasteiger partial charge in [-0.05, 0) is 37.1 Å². The molecule has 0 saturated heterocycles. The molecule has 0 aliphatic heterocycles. The van der Waals surface area contributed by atoms with Crippen LogP contribution < -0.4 is 10.1 Å². The molecule has 1 rings (SSSR count). The Morgan fingerprint density at radius 1 is 1.35 bits per heavy atom. The molecule has 3 nitrogen and oxygen atoms in total. The molecule has 1 N–H and O–H groups in total. The minimum atomic E-state index is -0.172. The molecule has 0 aliphatic rings. The van der Waals surface area contributed by atoms with Gasteiger partial charge in [-0.1, -0.05) is 29.8 Å². The Bertz CT molecular complexity index is 362. The number of carbonyl (C=O) groups is 1. The van der Waals surface area contributed by atoms with Gasteiger partial charge in [-0.3, -0.25) is 4.79 Å². The fourth-order valence-corrected chi connectivity index (χ4v) is 1.43. The van der Waals surface area contributed by atoms with Crippen LogP contribution in [0.2, 0.25) is 0 Å². The van der Waals surface area contributed by atoms with Crippen LogP contribution in [0.1, 0.15) is 20.8 Å². The van der Waals surface area contributed by atoms with Crippen LogP contribution in [0.25, 0.3) is 0 Å². The maximum atomic E-state index is 11.8. The van der Waals surface area contributed by atoms with Gasteiger partial charge in [-0.2, -0.15) is 0 Å². The van der Waals surface area contributed by atoms with E-state index in [0.29, 0.717) is 6.61 Å². The minimum absolute atomic E-state index is 0.0239. The van der Waals surface area contributed by atoms with E-state index in [2.05, 4.69) is 21.2 Å². The zero-order valence-corrected chi connectivity index (χ0v) is 12.0. The molecule has 0 spiro atoms. The SMILES string of the molecule is CCOc1ccc(NC(=O)C(Br)C(C)C)cc1. The third-order valence-corrected chi connectivity index (χ3v) is 3.74. The quantitative estimate of drug-likeness (QED) is 0.846. The summed E-state index contributed by atoms with van der Waals surface area (Å²) < 4.78 is 5.33. The Morgan fingerprint density at radius 2 is 1.94 bits per heavy atom. The fourth-order valence-electron chi connectivity index (χ4n) is 1.32. The summed E-state index contributed by atoms with van der Waals surface area (Å²) in [4.78, 5) is 11.6.